The molecule has 0 aliphatic rings. The Kier molecular flexibility index (Phi) is 4.29. The predicted molar refractivity (Wildman–Crippen MR) is 86.5 cm³/mol. The molecule has 24 heavy (non-hydrogen) atoms. The van der Waals surface area contributed by atoms with Crippen molar-refractivity contribution >= 4 is 11.6 Å². The van der Waals surface area contributed by atoms with Crippen LogP contribution in [0.5, 0.6) is 0 Å². The van der Waals surface area contributed by atoms with Crippen LogP contribution in [0.1, 0.15) is 16.2 Å². The minimum atomic E-state index is -1.06. The zero-order valence-corrected chi connectivity index (χ0v) is 12.8. The molecule has 0 aliphatic heterocycles. The summed E-state index contributed by atoms with van der Waals surface area (Å²) in [6.45, 7) is 1.79. The highest BCUT2D eigenvalue weighted by Gasteiger charge is 2.10. The van der Waals surface area contributed by atoms with Crippen LogP contribution in [0.25, 0.3) is 11.3 Å². The predicted octanol–water partition coefficient (Wildman–Crippen LogP) is 3.98. The van der Waals surface area contributed by atoms with Crippen molar-refractivity contribution in [1.82, 2.24) is 9.97 Å². The molecule has 0 unspecified atom stereocenters. The Morgan fingerprint density at radius 2 is 1.88 bits per heavy atom. The number of nitrogens with zero attached hydrogens (tertiary/aromatic N) is 2. The zero-order valence-electron chi connectivity index (χ0n) is 12.8. The van der Waals surface area contributed by atoms with Crippen LogP contribution in [0, 0.1) is 18.6 Å². The van der Waals surface area contributed by atoms with Gasteiger partial charge < -0.3 is 5.32 Å². The molecule has 0 bridgehead atoms. The Bertz CT molecular complexity index is 912. The van der Waals surface area contributed by atoms with Gasteiger partial charge in [0.1, 0.15) is 5.82 Å². The second kappa shape index (κ2) is 6.54. The van der Waals surface area contributed by atoms with Crippen LogP contribution in [0.15, 0.2) is 54.7 Å². The van der Waals surface area contributed by atoms with Gasteiger partial charge >= 0.3 is 0 Å². The van der Waals surface area contributed by atoms with Crippen molar-refractivity contribution in [1.29, 1.82) is 0 Å². The number of aryl methyl sites for hydroxylation is 1. The van der Waals surface area contributed by atoms with E-state index in [-0.39, 0.29) is 5.56 Å². The highest BCUT2D eigenvalue weighted by atomic mass is 19.2. The SMILES string of the molecule is Cc1nccc(-c2cccc(NC(=O)c3ccc(F)c(F)c3)c2)n1. The van der Waals surface area contributed by atoms with E-state index < -0.39 is 17.5 Å². The molecule has 0 atom stereocenters. The highest BCUT2D eigenvalue weighted by molar-refractivity contribution is 6.04. The maximum atomic E-state index is 13.2. The van der Waals surface area contributed by atoms with Crippen molar-refractivity contribution in [2.75, 3.05) is 5.32 Å². The van der Waals surface area contributed by atoms with Crippen molar-refractivity contribution in [3.8, 4) is 11.3 Å². The molecule has 1 aromatic heterocycles. The zero-order chi connectivity index (χ0) is 17.1. The molecular formula is C18H13F2N3O. The van der Waals surface area contributed by atoms with E-state index in [1.807, 2.05) is 6.07 Å². The Hall–Kier alpha value is -3.15. The quantitative estimate of drug-likeness (QED) is 0.792. The van der Waals surface area contributed by atoms with E-state index in [0.29, 0.717) is 11.5 Å². The topological polar surface area (TPSA) is 54.9 Å². The smallest absolute Gasteiger partial charge is 0.255 e. The lowest BCUT2D eigenvalue weighted by Gasteiger charge is -2.08. The molecule has 0 aliphatic carbocycles. The fourth-order valence-electron chi connectivity index (χ4n) is 2.21. The molecule has 4 nitrogen and oxygen atoms in total. The number of nitrogens with one attached hydrogen (secondary N) is 1. The van der Waals surface area contributed by atoms with E-state index in [0.717, 1.165) is 23.4 Å². The van der Waals surface area contributed by atoms with Crippen molar-refractivity contribution < 1.29 is 13.6 Å². The van der Waals surface area contributed by atoms with Gasteiger partial charge in [-0.3, -0.25) is 4.79 Å². The minimum Gasteiger partial charge on any atom is -0.322 e. The van der Waals surface area contributed by atoms with E-state index in [1.54, 1.807) is 37.4 Å². The molecule has 0 saturated heterocycles. The van der Waals surface area contributed by atoms with Crippen molar-refractivity contribution in [3.05, 3.63) is 77.8 Å². The Morgan fingerprint density at radius 1 is 1.04 bits per heavy atom. The standard InChI is InChI=1S/C18H13F2N3O/c1-11-21-8-7-17(22-11)12-3-2-4-14(9-12)23-18(24)13-5-6-15(19)16(20)10-13/h2-10H,1H3,(H,23,24). The number of hydrogen-bond donors (Lipinski definition) is 1. The number of amides is 1. The first-order chi connectivity index (χ1) is 11.5. The van der Waals surface area contributed by atoms with Crippen LogP contribution in [0.4, 0.5) is 14.5 Å². The molecule has 120 valence electrons. The number of hydrogen-bond acceptors (Lipinski definition) is 3. The fourth-order valence-corrected chi connectivity index (χ4v) is 2.21. The average molecular weight is 325 g/mol. The van der Waals surface area contributed by atoms with Crippen LogP contribution in [-0.2, 0) is 0 Å². The lowest BCUT2D eigenvalue weighted by Crippen LogP contribution is -2.12. The van der Waals surface area contributed by atoms with Gasteiger partial charge in [0.05, 0.1) is 5.69 Å². The first kappa shape index (κ1) is 15.7. The molecule has 0 saturated carbocycles. The summed E-state index contributed by atoms with van der Waals surface area (Å²) in [6.07, 6.45) is 1.66. The lowest BCUT2D eigenvalue weighted by molar-refractivity contribution is 0.102. The summed E-state index contributed by atoms with van der Waals surface area (Å²) in [7, 11) is 0. The lowest BCUT2D eigenvalue weighted by atomic mass is 10.1. The number of rotatable bonds is 3. The summed E-state index contributed by atoms with van der Waals surface area (Å²) >= 11 is 0. The number of carbonyl (C=O) groups is 1. The molecule has 1 heterocycles. The second-order valence-electron chi connectivity index (χ2n) is 5.15. The van der Waals surface area contributed by atoms with E-state index in [2.05, 4.69) is 15.3 Å². The third-order valence-electron chi connectivity index (χ3n) is 3.37. The van der Waals surface area contributed by atoms with Gasteiger partial charge in [-0.25, -0.2) is 18.7 Å². The molecule has 1 amide bonds. The highest BCUT2D eigenvalue weighted by Crippen LogP contribution is 2.21. The van der Waals surface area contributed by atoms with Crippen molar-refractivity contribution in [3.63, 3.8) is 0 Å². The van der Waals surface area contributed by atoms with Crippen LogP contribution in [-0.4, -0.2) is 15.9 Å². The van der Waals surface area contributed by atoms with Gasteiger partial charge in [-0.1, -0.05) is 12.1 Å². The fraction of sp³-hybridized carbons (Fsp3) is 0.0556. The summed E-state index contributed by atoms with van der Waals surface area (Å²) in [4.78, 5) is 20.5. The third kappa shape index (κ3) is 3.43. The van der Waals surface area contributed by atoms with Gasteiger partial charge in [-0.15, -0.1) is 0 Å². The summed E-state index contributed by atoms with van der Waals surface area (Å²) < 4.78 is 26.2. The van der Waals surface area contributed by atoms with Gasteiger partial charge in [0.25, 0.3) is 5.91 Å². The van der Waals surface area contributed by atoms with E-state index in [1.165, 1.54) is 6.07 Å². The monoisotopic (exact) mass is 325 g/mol. The number of aromatic nitrogens is 2. The molecular weight excluding hydrogens is 312 g/mol. The molecule has 0 spiro atoms. The maximum absolute atomic E-state index is 13.2. The van der Waals surface area contributed by atoms with E-state index in [9.17, 15) is 13.6 Å². The summed E-state index contributed by atoms with van der Waals surface area (Å²) in [6, 6.07) is 11.9. The van der Waals surface area contributed by atoms with Crippen LogP contribution in [0.3, 0.4) is 0 Å². The minimum absolute atomic E-state index is 0.0391. The summed E-state index contributed by atoms with van der Waals surface area (Å²) in [5.74, 6) is -1.94. The molecule has 0 fully saturated rings. The summed E-state index contributed by atoms with van der Waals surface area (Å²) in [5.41, 5.74) is 2.10. The largest absolute Gasteiger partial charge is 0.322 e. The van der Waals surface area contributed by atoms with Crippen molar-refractivity contribution in [2.45, 2.75) is 6.92 Å². The number of anilines is 1. The first-order valence-corrected chi connectivity index (χ1v) is 7.19. The number of benzene rings is 2. The van der Waals surface area contributed by atoms with Crippen LogP contribution >= 0.6 is 0 Å². The second-order valence-corrected chi connectivity index (χ2v) is 5.15. The Morgan fingerprint density at radius 3 is 2.62 bits per heavy atom. The maximum Gasteiger partial charge on any atom is 0.255 e. The molecule has 3 aromatic rings. The normalized spacial score (nSPS) is 10.5. The third-order valence-corrected chi connectivity index (χ3v) is 3.37. The molecule has 1 N–H and O–H groups in total. The summed E-state index contributed by atoms with van der Waals surface area (Å²) in [5, 5.41) is 2.66. The number of carbonyl (C=O) groups excluding carboxylic acids is 1. The average Bonchev–Trinajstić information content (AvgIpc) is 2.57. The molecule has 2 aromatic carbocycles. The Labute approximate surface area is 137 Å². The van der Waals surface area contributed by atoms with Crippen LogP contribution < -0.4 is 5.32 Å². The first-order valence-electron chi connectivity index (χ1n) is 7.19. The van der Waals surface area contributed by atoms with Crippen LogP contribution in [0.2, 0.25) is 0 Å². The van der Waals surface area contributed by atoms with E-state index in [4.69, 9.17) is 0 Å². The van der Waals surface area contributed by atoms with Gasteiger partial charge in [0.2, 0.25) is 0 Å². The van der Waals surface area contributed by atoms with Gasteiger partial charge in [-0.05, 0) is 43.3 Å². The van der Waals surface area contributed by atoms with Gasteiger partial charge in [0.15, 0.2) is 11.6 Å². The number of halogens is 2. The molecule has 6 heteroatoms. The molecule has 3 rings (SSSR count). The Balaban J connectivity index is 1.84. The van der Waals surface area contributed by atoms with Gasteiger partial charge in [-0.2, -0.15) is 0 Å². The van der Waals surface area contributed by atoms with E-state index >= 15 is 0 Å². The van der Waals surface area contributed by atoms with Gasteiger partial charge in [0, 0.05) is 23.0 Å². The molecule has 0 radical (unpaired) electrons. The van der Waals surface area contributed by atoms with Crippen molar-refractivity contribution in [2.24, 2.45) is 0 Å².